The number of pyridine rings is 1. The minimum Gasteiger partial charge on any atom is -0.281 e. The van der Waals surface area contributed by atoms with Crippen LogP contribution < -0.4 is 0 Å². The van der Waals surface area contributed by atoms with Crippen LogP contribution in [0.25, 0.3) is 0 Å². The number of aryl methyl sites for hydroxylation is 1. The van der Waals surface area contributed by atoms with Gasteiger partial charge in [-0.2, -0.15) is 9.40 Å². The molecule has 0 aliphatic carbocycles. The van der Waals surface area contributed by atoms with Gasteiger partial charge in [-0.15, -0.1) is 0 Å². The fraction of sp³-hybridized carbons (Fsp3) is 0.273. The van der Waals surface area contributed by atoms with Gasteiger partial charge in [0, 0.05) is 26.0 Å². The van der Waals surface area contributed by atoms with Crippen LogP contribution in [0, 0.1) is 6.92 Å². The van der Waals surface area contributed by atoms with E-state index in [1.54, 1.807) is 38.5 Å². The monoisotopic (exact) mass is 266 g/mol. The van der Waals surface area contributed by atoms with Crippen LogP contribution in [0.5, 0.6) is 0 Å². The van der Waals surface area contributed by atoms with Crippen molar-refractivity contribution in [1.29, 1.82) is 0 Å². The first-order valence-corrected chi connectivity index (χ1v) is 6.81. The molecule has 0 radical (unpaired) electrons. The molecule has 0 atom stereocenters. The van der Waals surface area contributed by atoms with E-state index in [2.05, 4.69) is 15.2 Å². The van der Waals surface area contributed by atoms with Crippen LogP contribution in [0.1, 0.15) is 11.3 Å². The summed E-state index contributed by atoms with van der Waals surface area (Å²) in [4.78, 5) is 4.10. The Morgan fingerprint density at radius 1 is 1.33 bits per heavy atom. The van der Waals surface area contributed by atoms with Gasteiger partial charge in [-0.3, -0.25) is 10.1 Å². The Bertz CT molecular complexity index is 622. The normalized spacial score (nSPS) is 11.9. The van der Waals surface area contributed by atoms with Crippen LogP contribution in [-0.2, 0) is 16.6 Å². The maximum atomic E-state index is 12.3. The molecule has 0 spiro atoms. The maximum Gasteiger partial charge on any atom is 0.246 e. The summed E-state index contributed by atoms with van der Waals surface area (Å²) >= 11 is 0. The fourth-order valence-corrected chi connectivity index (χ4v) is 2.87. The summed E-state index contributed by atoms with van der Waals surface area (Å²) in [6.45, 7) is 1.98. The van der Waals surface area contributed by atoms with E-state index < -0.39 is 10.0 Å². The summed E-state index contributed by atoms with van der Waals surface area (Å²) in [5.74, 6) is 0. The van der Waals surface area contributed by atoms with E-state index in [0.29, 0.717) is 12.2 Å². The van der Waals surface area contributed by atoms with Gasteiger partial charge in [0.2, 0.25) is 10.0 Å². The number of nitrogens with zero attached hydrogens (tertiary/aromatic N) is 3. The predicted molar refractivity (Wildman–Crippen MR) is 66.2 cm³/mol. The van der Waals surface area contributed by atoms with Crippen molar-refractivity contribution in [2.45, 2.75) is 18.4 Å². The Hall–Kier alpha value is -1.73. The van der Waals surface area contributed by atoms with Crippen molar-refractivity contribution in [2.75, 3.05) is 7.05 Å². The molecular formula is C11H14N4O2S. The first-order chi connectivity index (χ1) is 8.51. The standard InChI is InChI=1S/C11H14N4O2S/c1-9-11(7-13-14-9)18(16,17)15(2)8-10-3-5-12-6-4-10/h3-7H,8H2,1-2H3,(H,13,14). The fourth-order valence-electron chi connectivity index (χ4n) is 1.60. The average Bonchev–Trinajstić information content (AvgIpc) is 2.77. The van der Waals surface area contributed by atoms with Crippen LogP contribution in [0.3, 0.4) is 0 Å². The van der Waals surface area contributed by atoms with E-state index in [-0.39, 0.29) is 4.90 Å². The Morgan fingerprint density at radius 2 is 2.00 bits per heavy atom. The summed E-state index contributed by atoms with van der Waals surface area (Å²) in [5.41, 5.74) is 1.42. The third-order valence-corrected chi connectivity index (χ3v) is 4.54. The largest absolute Gasteiger partial charge is 0.281 e. The lowest BCUT2D eigenvalue weighted by atomic mass is 10.3. The van der Waals surface area contributed by atoms with Crippen LogP contribution >= 0.6 is 0 Å². The SMILES string of the molecule is Cc1[nH]ncc1S(=O)(=O)N(C)Cc1ccncc1. The maximum absolute atomic E-state index is 12.3. The van der Waals surface area contributed by atoms with E-state index in [1.807, 2.05) is 0 Å². The second-order valence-corrected chi connectivity index (χ2v) is 5.99. The number of H-pyrrole nitrogens is 1. The molecule has 0 aromatic carbocycles. The molecule has 96 valence electrons. The Balaban J connectivity index is 2.24. The Kier molecular flexibility index (Phi) is 3.44. The molecular weight excluding hydrogens is 252 g/mol. The first kappa shape index (κ1) is 12.7. The first-order valence-electron chi connectivity index (χ1n) is 5.37. The van der Waals surface area contributed by atoms with E-state index in [1.165, 1.54) is 10.5 Å². The van der Waals surface area contributed by atoms with Crippen molar-refractivity contribution in [2.24, 2.45) is 0 Å². The number of hydrogen-bond donors (Lipinski definition) is 1. The molecule has 0 fully saturated rings. The third-order valence-electron chi connectivity index (χ3n) is 2.63. The van der Waals surface area contributed by atoms with Crippen LogP contribution in [-0.4, -0.2) is 35.0 Å². The number of sulfonamides is 1. The van der Waals surface area contributed by atoms with E-state index in [9.17, 15) is 8.42 Å². The Labute approximate surface area is 106 Å². The number of aromatic amines is 1. The number of nitrogens with one attached hydrogen (secondary N) is 1. The summed E-state index contributed by atoms with van der Waals surface area (Å²) in [7, 11) is -1.96. The molecule has 0 aliphatic heterocycles. The van der Waals surface area contributed by atoms with Gasteiger partial charge in [-0.25, -0.2) is 8.42 Å². The van der Waals surface area contributed by atoms with Crippen LogP contribution in [0.4, 0.5) is 0 Å². The molecule has 1 N–H and O–H groups in total. The molecule has 0 aliphatic rings. The molecule has 0 saturated heterocycles. The minimum absolute atomic E-state index is 0.207. The van der Waals surface area contributed by atoms with Crippen LogP contribution in [0.2, 0.25) is 0 Å². The second kappa shape index (κ2) is 4.87. The van der Waals surface area contributed by atoms with Crippen molar-refractivity contribution in [3.63, 3.8) is 0 Å². The van der Waals surface area contributed by atoms with Crippen molar-refractivity contribution in [3.05, 3.63) is 42.0 Å². The topological polar surface area (TPSA) is 79.0 Å². The van der Waals surface area contributed by atoms with E-state index >= 15 is 0 Å². The zero-order valence-electron chi connectivity index (χ0n) is 10.2. The molecule has 7 heteroatoms. The number of hydrogen-bond acceptors (Lipinski definition) is 4. The van der Waals surface area contributed by atoms with Gasteiger partial charge in [0.05, 0.1) is 11.9 Å². The smallest absolute Gasteiger partial charge is 0.246 e. The lowest BCUT2D eigenvalue weighted by Crippen LogP contribution is -2.26. The van der Waals surface area contributed by atoms with Crippen molar-refractivity contribution < 1.29 is 8.42 Å². The van der Waals surface area contributed by atoms with Gasteiger partial charge in [0.15, 0.2) is 0 Å². The molecule has 6 nitrogen and oxygen atoms in total. The third kappa shape index (κ3) is 2.41. The van der Waals surface area contributed by atoms with Gasteiger partial charge in [-0.05, 0) is 24.6 Å². The lowest BCUT2D eigenvalue weighted by molar-refractivity contribution is 0.466. The quantitative estimate of drug-likeness (QED) is 0.893. The summed E-state index contributed by atoms with van der Waals surface area (Å²) in [6.07, 6.45) is 4.60. The average molecular weight is 266 g/mol. The van der Waals surface area contributed by atoms with Crippen molar-refractivity contribution in [3.8, 4) is 0 Å². The zero-order chi connectivity index (χ0) is 13.2. The summed E-state index contributed by atoms with van der Waals surface area (Å²) in [5, 5.41) is 6.36. The molecule has 2 aromatic heterocycles. The molecule has 0 bridgehead atoms. The molecule has 2 rings (SSSR count). The minimum atomic E-state index is -3.51. The van der Waals surface area contributed by atoms with Crippen molar-refractivity contribution in [1.82, 2.24) is 19.5 Å². The molecule has 0 unspecified atom stereocenters. The highest BCUT2D eigenvalue weighted by Crippen LogP contribution is 2.17. The van der Waals surface area contributed by atoms with Crippen LogP contribution in [0.15, 0.2) is 35.6 Å². The van der Waals surface area contributed by atoms with E-state index in [0.717, 1.165) is 5.56 Å². The van der Waals surface area contributed by atoms with Gasteiger partial charge in [-0.1, -0.05) is 0 Å². The van der Waals surface area contributed by atoms with E-state index in [4.69, 9.17) is 0 Å². The van der Waals surface area contributed by atoms with Crippen molar-refractivity contribution >= 4 is 10.0 Å². The summed E-state index contributed by atoms with van der Waals surface area (Å²) < 4.78 is 25.8. The lowest BCUT2D eigenvalue weighted by Gasteiger charge is -2.16. The van der Waals surface area contributed by atoms with Gasteiger partial charge in [0.1, 0.15) is 4.90 Å². The molecule has 2 heterocycles. The molecule has 2 aromatic rings. The molecule has 0 saturated carbocycles. The zero-order valence-corrected chi connectivity index (χ0v) is 11.0. The summed E-state index contributed by atoms with van der Waals surface area (Å²) in [6, 6.07) is 3.57. The predicted octanol–water partition coefficient (Wildman–Crippen LogP) is 0.934. The highest BCUT2D eigenvalue weighted by atomic mass is 32.2. The molecule has 0 amide bonds. The molecule has 18 heavy (non-hydrogen) atoms. The number of aromatic nitrogens is 3. The highest BCUT2D eigenvalue weighted by molar-refractivity contribution is 7.89. The highest BCUT2D eigenvalue weighted by Gasteiger charge is 2.24. The second-order valence-electron chi connectivity index (χ2n) is 3.98. The van der Waals surface area contributed by atoms with Gasteiger partial charge >= 0.3 is 0 Å². The number of rotatable bonds is 4. The van der Waals surface area contributed by atoms with Gasteiger partial charge < -0.3 is 0 Å². The Morgan fingerprint density at radius 3 is 2.56 bits per heavy atom. The van der Waals surface area contributed by atoms with Gasteiger partial charge in [0.25, 0.3) is 0 Å².